The van der Waals surface area contributed by atoms with Gasteiger partial charge in [-0.1, -0.05) is 26.0 Å². The van der Waals surface area contributed by atoms with Crippen LogP contribution in [0.5, 0.6) is 5.75 Å². The Hall–Kier alpha value is -2.87. The smallest absolute Gasteiger partial charge is 0.273 e. The molecule has 0 aliphatic carbocycles. The molecule has 0 aliphatic heterocycles. The second kappa shape index (κ2) is 13.6. The minimum atomic E-state index is -0.385. The Labute approximate surface area is 196 Å². The minimum Gasteiger partial charge on any atom is -0.497 e. The number of hydrogen-bond acceptors (Lipinski definition) is 6. The third-order valence-electron chi connectivity index (χ3n) is 5.31. The van der Waals surface area contributed by atoms with Gasteiger partial charge in [-0.15, -0.1) is 0 Å². The Morgan fingerprint density at radius 1 is 1.12 bits per heavy atom. The van der Waals surface area contributed by atoms with Gasteiger partial charge in [0.05, 0.1) is 7.11 Å². The lowest BCUT2D eigenvalue weighted by molar-refractivity contribution is -0.122. The number of hydrogen-bond donors (Lipinski definition) is 3. The monoisotopic (exact) mass is 458 g/mol. The topological polar surface area (TPSA) is 105 Å². The number of oxazole rings is 1. The predicted molar refractivity (Wildman–Crippen MR) is 128 cm³/mol. The molecule has 8 nitrogen and oxygen atoms in total. The summed E-state index contributed by atoms with van der Waals surface area (Å²) in [6.07, 6.45) is 3.51. The van der Waals surface area contributed by atoms with Crippen molar-refractivity contribution in [3.8, 4) is 5.75 Å². The summed E-state index contributed by atoms with van der Waals surface area (Å²) in [5.74, 6) is 1.60. The zero-order valence-corrected chi connectivity index (χ0v) is 20.5. The molecule has 33 heavy (non-hydrogen) atoms. The number of methoxy groups -OCH3 is 1. The van der Waals surface area contributed by atoms with Crippen molar-refractivity contribution in [1.29, 1.82) is 0 Å². The Balaban J connectivity index is 1.98. The third-order valence-corrected chi connectivity index (χ3v) is 5.31. The van der Waals surface area contributed by atoms with Crippen molar-refractivity contribution in [3.63, 3.8) is 0 Å². The van der Waals surface area contributed by atoms with E-state index in [4.69, 9.17) is 9.15 Å². The molecule has 182 valence electrons. The summed E-state index contributed by atoms with van der Waals surface area (Å²) in [6.45, 7) is 7.37. The van der Waals surface area contributed by atoms with E-state index in [1.54, 1.807) is 14.0 Å². The maximum atomic E-state index is 12.7. The average Bonchev–Trinajstić information content (AvgIpc) is 3.18. The van der Waals surface area contributed by atoms with Crippen LogP contribution in [0.4, 0.5) is 0 Å². The lowest BCUT2D eigenvalue weighted by Crippen LogP contribution is -2.30. The normalized spacial score (nSPS) is 11.9. The van der Waals surface area contributed by atoms with Crippen molar-refractivity contribution in [2.75, 3.05) is 27.2 Å². The van der Waals surface area contributed by atoms with E-state index in [1.165, 1.54) is 0 Å². The largest absolute Gasteiger partial charge is 0.497 e. The molecule has 8 heteroatoms. The van der Waals surface area contributed by atoms with Gasteiger partial charge in [-0.25, -0.2) is 4.98 Å². The number of amides is 2. The fourth-order valence-corrected chi connectivity index (χ4v) is 3.50. The summed E-state index contributed by atoms with van der Waals surface area (Å²) in [6, 6.07) is 7.30. The fraction of sp³-hybridized carbons (Fsp3) is 0.560. The first-order valence-electron chi connectivity index (χ1n) is 11.7. The van der Waals surface area contributed by atoms with E-state index in [0.29, 0.717) is 43.4 Å². The quantitative estimate of drug-likeness (QED) is 0.374. The van der Waals surface area contributed by atoms with E-state index < -0.39 is 0 Å². The number of carbonyl (C=O) groups is 2. The highest BCUT2D eigenvalue weighted by Gasteiger charge is 2.25. The van der Waals surface area contributed by atoms with Gasteiger partial charge in [0.15, 0.2) is 5.69 Å². The molecule has 1 heterocycles. The Kier molecular flexibility index (Phi) is 10.9. The van der Waals surface area contributed by atoms with Gasteiger partial charge in [0, 0.05) is 13.0 Å². The summed E-state index contributed by atoms with van der Waals surface area (Å²) in [7, 11) is 3.53. The van der Waals surface area contributed by atoms with Gasteiger partial charge in [-0.05, 0) is 69.8 Å². The van der Waals surface area contributed by atoms with E-state index >= 15 is 0 Å². The summed E-state index contributed by atoms with van der Waals surface area (Å²) >= 11 is 0. The third kappa shape index (κ3) is 8.88. The second-order valence-corrected chi connectivity index (χ2v) is 8.62. The van der Waals surface area contributed by atoms with E-state index in [0.717, 1.165) is 30.7 Å². The van der Waals surface area contributed by atoms with E-state index in [1.807, 2.05) is 31.3 Å². The first-order chi connectivity index (χ1) is 15.8. The molecule has 0 radical (unpaired) electrons. The van der Waals surface area contributed by atoms with Crippen LogP contribution < -0.4 is 20.7 Å². The molecule has 1 atom stereocenters. The molecule has 0 unspecified atom stereocenters. The second-order valence-electron chi connectivity index (χ2n) is 8.62. The number of nitrogens with one attached hydrogen (secondary N) is 3. The SMILES string of the molecule is CNCCCCNC(=O)c1nc([C@H](CC(C)C)NC(=O)CCc2ccc(OC)cc2)oc1C. The molecular formula is C25H38N4O4. The number of benzene rings is 1. The molecule has 0 bridgehead atoms. The van der Waals surface area contributed by atoms with E-state index in [9.17, 15) is 9.59 Å². The highest BCUT2D eigenvalue weighted by Crippen LogP contribution is 2.23. The van der Waals surface area contributed by atoms with Crippen LogP contribution in [0.3, 0.4) is 0 Å². The lowest BCUT2D eigenvalue weighted by atomic mass is 10.0. The summed E-state index contributed by atoms with van der Waals surface area (Å²) in [5, 5.41) is 9.02. The summed E-state index contributed by atoms with van der Waals surface area (Å²) < 4.78 is 11.0. The van der Waals surface area contributed by atoms with Crippen molar-refractivity contribution in [1.82, 2.24) is 20.9 Å². The van der Waals surface area contributed by atoms with Crippen LogP contribution in [-0.4, -0.2) is 44.0 Å². The molecule has 0 saturated heterocycles. The molecular weight excluding hydrogens is 420 g/mol. The molecule has 2 amide bonds. The number of unbranched alkanes of at least 4 members (excludes halogenated alkanes) is 1. The first-order valence-corrected chi connectivity index (χ1v) is 11.7. The molecule has 0 fully saturated rings. The van der Waals surface area contributed by atoms with Crippen LogP contribution in [-0.2, 0) is 11.2 Å². The number of ether oxygens (including phenoxy) is 1. The maximum absolute atomic E-state index is 12.7. The van der Waals surface area contributed by atoms with Gasteiger partial charge in [0.25, 0.3) is 5.91 Å². The molecule has 2 aromatic rings. The molecule has 1 aromatic heterocycles. The van der Waals surface area contributed by atoms with Gasteiger partial charge in [0.2, 0.25) is 11.8 Å². The van der Waals surface area contributed by atoms with Gasteiger partial charge >= 0.3 is 0 Å². The number of aromatic nitrogens is 1. The van der Waals surface area contributed by atoms with Crippen LogP contribution >= 0.6 is 0 Å². The minimum absolute atomic E-state index is 0.0807. The van der Waals surface area contributed by atoms with Crippen molar-refractivity contribution < 1.29 is 18.7 Å². The summed E-state index contributed by atoms with van der Waals surface area (Å²) in [5.41, 5.74) is 1.34. The highest BCUT2D eigenvalue weighted by atomic mass is 16.5. The van der Waals surface area contributed by atoms with Gasteiger partial charge < -0.3 is 25.1 Å². The van der Waals surface area contributed by atoms with Crippen LogP contribution in [0, 0.1) is 12.8 Å². The first kappa shape index (κ1) is 26.4. The Morgan fingerprint density at radius 2 is 1.82 bits per heavy atom. The number of rotatable bonds is 14. The molecule has 2 rings (SSSR count). The maximum Gasteiger partial charge on any atom is 0.273 e. The van der Waals surface area contributed by atoms with Gasteiger partial charge in [-0.2, -0.15) is 0 Å². The molecule has 0 aliphatic rings. The van der Waals surface area contributed by atoms with Crippen molar-refractivity contribution in [3.05, 3.63) is 47.2 Å². The molecule has 0 spiro atoms. The highest BCUT2D eigenvalue weighted by molar-refractivity contribution is 5.93. The average molecular weight is 459 g/mol. The van der Waals surface area contributed by atoms with Crippen molar-refractivity contribution >= 4 is 11.8 Å². The van der Waals surface area contributed by atoms with Crippen LogP contribution in [0.2, 0.25) is 0 Å². The summed E-state index contributed by atoms with van der Waals surface area (Å²) in [4.78, 5) is 29.7. The van der Waals surface area contributed by atoms with Crippen molar-refractivity contribution in [2.45, 2.75) is 58.9 Å². The van der Waals surface area contributed by atoms with Crippen LogP contribution in [0.1, 0.15) is 73.3 Å². The zero-order chi connectivity index (χ0) is 24.2. The fourth-order valence-electron chi connectivity index (χ4n) is 3.50. The van der Waals surface area contributed by atoms with Gasteiger partial charge in [-0.3, -0.25) is 9.59 Å². The predicted octanol–water partition coefficient (Wildman–Crippen LogP) is 3.56. The molecule has 0 saturated carbocycles. The van der Waals surface area contributed by atoms with E-state index in [-0.39, 0.29) is 23.6 Å². The number of carbonyl (C=O) groups excluding carboxylic acids is 2. The molecule has 1 aromatic carbocycles. The van der Waals surface area contributed by atoms with E-state index in [2.05, 4.69) is 34.8 Å². The van der Waals surface area contributed by atoms with Crippen molar-refractivity contribution in [2.24, 2.45) is 5.92 Å². The van der Waals surface area contributed by atoms with Gasteiger partial charge in [0.1, 0.15) is 17.6 Å². The Morgan fingerprint density at radius 3 is 2.45 bits per heavy atom. The number of aryl methyl sites for hydroxylation is 2. The van der Waals surface area contributed by atoms with Crippen LogP contribution in [0.25, 0.3) is 0 Å². The zero-order valence-electron chi connectivity index (χ0n) is 20.5. The standard InChI is InChI=1S/C25H38N4O4/c1-17(2)16-21(28-22(30)13-10-19-8-11-20(32-5)12-9-19)25-29-23(18(3)33-25)24(31)27-15-7-6-14-26-4/h8-9,11-12,17,21,26H,6-7,10,13-16H2,1-5H3,(H,27,31)(H,28,30)/t21-/m0/s1. The Bertz CT molecular complexity index is 877. The lowest BCUT2D eigenvalue weighted by Gasteiger charge is -2.17. The number of nitrogens with zero attached hydrogens (tertiary/aromatic N) is 1. The molecule has 3 N–H and O–H groups in total. The van der Waals surface area contributed by atoms with Crippen LogP contribution in [0.15, 0.2) is 28.7 Å².